The van der Waals surface area contributed by atoms with Gasteiger partial charge >= 0.3 is 0 Å². The lowest BCUT2D eigenvalue weighted by molar-refractivity contribution is 0.627. The van der Waals surface area contributed by atoms with Crippen LogP contribution in [0.4, 0.5) is 4.39 Å². The third kappa shape index (κ3) is 2.31. The van der Waals surface area contributed by atoms with E-state index < -0.39 is 0 Å². The van der Waals surface area contributed by atoms with E-state index >= 15 is 0 Å². The molecule has 1 nitrogen and oxygen atoms in total. The molecule has 0 fully saturated rings. The van der Waals surface area contributed by atoms with Crippen LogP contribution < -0.4 is 0 Å². The number of para-hydroxylation sites is 1. The second-order valence-corrected chi connectivity index (χ2v) is 4.97. The summed E-state index contributed by atoms with van der Waals surface area (Å²) < 4.78 is 14.2. The monoisotopic (exact) mass is 255 g/mol. The van der Waals surface area contributed by atoms with Gasteiger partial charge in [0.15, 0.2) is 0 Å². The van der Waals surface area contributed by atoms with Crippen LogP contribution in [0.5, 0.6) is 0 Å². The van der Waals surface area contributed by atoms with Crippen molar-refractivity contribution >= 4 is 33.7 Å². The van der Waals surface area contributed by atoms with E-state index in [2.05, 4.69) is 4.98 Å². The number of thiazole rings is 1. The van der Waals surface area contributed by atoms with E-state index in [-0.39, 0.29) is 5.82 Å². The van der Waals surface area contributed by atoms with Crippen LogP contribution in [0.3, 0.4) is 0 Å². The lowest BCUT2D eigenvalue weighted by Gasteiger charge is -1.91. The van der Waals surface area contributed by atoms with Gasteiger partial charge in [0.25, 0.3) is 0 Å². The minimum Gasteiger partial charge on any atom is -0.237 e. The largest absolute Gasteiger partial charge is 0.237 e. The highest BCUT2D eigenvalue weighted by molar-refractivity contribution is 7.19. The van der Waals surface area contributed by atoms with Crippen LogP contribution in [0.2, 0.25) is 0 Å². The van der Waals surface area contributed by atoms with Crippen LogP contribution in [0.25, 0.3) is 22.4 Å². The fraction of sp³-hybridized carbons (Fsp3) is 0. The fourth-order valence-corrected chi connectivity index (χ4v) is 2.61. The topological polar surface area (TPSA) is 12.9 Å². The smallest absolute Gasteiger partial charge is 0.123 e. The molecule has 0 aliphatic carbocycles. The normalized spacial score (nSPS) is 11.4. The van der Waals surface area contributed by atoms with Gasteiger partial charge in [-0.25, -0.2) is 9.37 Å². The third-order valence-corrected chi connectivity index (χ3v) is 3.58. The zero-order valence-corrected chi connectivity index (χ0v) is 10.3. The highest BCUT2D eigenvalue weighted by Crippen LogP contribution is 2.23. The predicted octanol–water partition coefficient (Wildman–Crippen LogP) is 4.61. The molecule has 18 heavy (non-hydrogen) atoms. The van der Waals surface area contributed by atoms with Crippen molar-refractivity contribution in [3.8, 4) is 0 Å². The minimum absolute atomic E-state index is 0.221. The predicted molar refractivity (Wildman–Crippen MR) is 74.9 cm³/mol. The third-order valence-electron chi connectivity index (χ3n) is 2.58. The molecule has 1 heterocycles. The summed E-state index contributed by atoms with van der Waals surface area (Å²) >= 11 is 1.63. The summed E-state index contributed by atoms with van der Waals surface area (Å²) in [6, 6.07) is 14.5. The van der Waals surface area contributed by atoms with E-state index in [0.717, 1.165) is 20.8 Å². The Hall–Kier alpha value is -2.00. The molecule has 0 atom stereocenters. The van der Waals surface area contributed by atoms with Gasteiger partial charge in [0.1, 0.15) is 10.8 Å². The van der Waals surface area contributed by atoms with E-state index in [1.807, 2.05) is 42.5 Å². The number of hydrogen-bond acceptors (Lipinski definition) is 2. The second kappa shape index (κ2) is 4.70. The number of halogens is 1. The molecule has 0 saturated heterocycles. The molecule has 3 rings (SSSR count). The van der Waals surface area contributed by atoms with Crippen molar-refractivity contribution in [1.29, 1.82) is 0 Å². The van der Waals surface area contributed by atoms with Crippen LogP contribution >= 0.6 is 11.3 Å². The number of aromatic nitrogens is 1. The van der Waals surface area contributed by atoms with Crippen LogP contribution in [0.1, 0.15) is 10.6 Å². The van der Waals surface area contributed by atoms with Crippen molar-refractivity contribution in [2.45, 2.75) is 0 Å². The zero-order chi connectivity index (χ0) is 12.4. The molecule has 0 aliphatic rings. The van der Waals surface area contributed by atoms with Gasteiger partial charge in [-0.15, -0.1) is 11.3 Å². The highest BCUT2D eigenvalue weighted by atomic mass is 32.1. The van der Waals surface area contributed by atoms with E-state index in [1.54, 1.807) is 17.4 Å². The summed E-state index contributed by atoms with van der Waals surface area (Å²) in [5.74, 6) is -0.221. The van der Waals surface area contributed by atoms with Gasteiger partial charge in [-0.3, -0.25) is 0 Å². The van der Waals surface area contributed by atoms with E-state index in [0.29, 0.717) is 0 Å². The summed E-state index contributed by atoms with van der Waals surface area (Å²) in [6.07, 6.45) is 3.79. The standard InChI is InChI=1S/C15H10FNS/c16-12-5-3-4-11(10-12)8-9-15-17-13-6-1-2-7-14(13)18-15/h1-10H/b9-8+. The molecule has 0 unspecified atom stereocenters. The summed E-state index contributed by atoms with van der Waals surface area (Å²) in [4.78, 5) is 4.49. The molecule has 88 valence electrons. The lowest BCUT2D eigenvalue weighted by Crippen LogP contribution is -1.75. The van der Waals surface area contributed by atoms with Crippen LogP contribution in [-0.4, -0.2) is 4.98 Å². The quantitative estimate of drug-likeness (QED) is 0.652. The SMILES string of the molecule is Fc1cccc(/C=C/c2nc3ccccc3s2)c1. The first-order valence-corrected chi connectivity index (χ1v) is 6.42. The Kier molecular flexibility index (Phi) is 2.90. The molecule has 3 heteroatoms. The number of fused-ring (bicyclic) bond motifs is 1. The van der Waals surface area contributed by atoms with Gasteiger partial charge in [0.2, 0.25) is 0 Å². The summed E-state index contributed by atoms with van der Waals surface area (Å²) in [7, 11) is 0. The molecule has 0 spiro atoms. The lowest BCUT2D eigenvalue weighted by atomic mass is 10.2. The van der Waals surface area contributed by atoms with Gasteiger partial charge < -0.3 is 0 Å². The first-order chi connectivity index (χ1) is 8.81. The van der Waals surface area contributed by atoms with Gasteiger partial charge in [-0.05, 0) is 35.9 Å². The average molecular weight is 255 g/mol. The maximum Gasteiger partial charge on any atom is 0.123 e. The Morgan fingerprint density at radius 3 is 2.72 bits per heavy atom. The Bertz CT molecular complexity index is 682. The number of rotatable bonds is 2. The number of nitrogens with zero attached hydrogens (tertiary/aromatic N) is 1. The van der Waals surface area contributed by atoms with Crippen molar-refractivity contribution in [2.75, 3.05) is 0 Å². The molecule has 0 bridgehead atoms. The Morgan fingerprint density at radius 2 is 1.89 bits per heavy atom. The van der Waals surface area contributed by atoms with Crippen molar-refractivity contribution in [3.05, 3.63) is 64.9 Å². The van der Waals surface area contributed by atoms with Gasteiger partial charge in [-0.1, -0.05) is 30.3 Å². The van der Waals surface area contributed by atoms with Gasteiger partial charge in [0, 0.05) is 0 Å². The molecule has 0 N–H and O–H groups in total. The molecule has 0 radical (unpaired) electrons. The van der Waals surface area contributed by atoms with Crippen molar-refractivity contribution in [3.63, 3.8) is 0 Å². The van der Waals surface area contributed by atoms with Crippen molar-refractivity contribution in [2.24, 2.45) is 0 Å². The van der Waals surface area contributed by atoms with Gasteiger partial charge in [0.05, 0.1) is 10.2 Å². The molecular formula is C15H10FNS. The van der Waals surface area contributed by atoms with Crippen molar-refractivity contribution < 1.29 is 4.39 Å². The summed E-state index contributed by atoms with van der Waals surface area (Å²) in [6.45, 7) is 0. The number of hydrogen-bond donors (Lipinski definition) is 0. The first-order valence-electron chi connectivity index (χ1n) is 5.60. The second-order valence-electron chi connectivity index (χ2n) is 3.91. The van der Waals surface area contributed by atoms with E-state index in [1.165, 1.54) is 12.1 Å². The molecule has 0 saturated carbocycles. The maximum atomic E-state index is 13.0. The van der Waals surface area contributed by atoms with Gasteiger partial charge in [-0.2, -0.15) is 0 Å². The first kappa shape index (κ1) is 11.1. The minimum atomic E-state index is -0.221. The highest BCUT2D eigenvalue weighted by Gasteiger charge is 1.99. The molecule has 2 aromatic carbocycles. The molecule has 0 aliphatic heterocycles. The van der Waals surface area contributed by atoms with E-state index in [4.69, 9.17) is 0 Å². The Labute approximate surface area is 108 Å². The van der Waals surface area contributed by atoms with Crippen LogP contribution in [0.15, 0.2) is 48.5 Å². The van der Waals surface area contributed by atoms with Crippen LogP contribution in [0, 0.1) is 5.82 Å². The summed E-state index contributed by atoms with van der Waals surface area (Å²) in [5.41, 5.74) is 1.84. The molecular weight excluding hydrogens is 245 g/mol. The molecule has 3 aromatic rings. The van der Waals surface area contributed by atoms with Crippen LogP contribution in [-0.2, 0) is 0 Å². The summed E-state index contributed by atoms with van der Waals surface area (Å²) in [5, 5.41) is 0.931. The average Bonchev–Trinajstić information content (AvgIpc) is 2.79. The van der Waals surface area contributed by atoms with Crippen molar-refractivity contribution in [1.82, 2.24) is 4.98 Å². The molecule has 0 amide bonds. The fourth-order valence-electron chi connectivity index (χ4n) is 1.74. The van der Waals surface area contributed by atoms with E-state index in [9.17, 15) is 4.39 Å². The Morgan fingerprint density at radius 1 is 1.00 bits per heavy atom. The zero-order valence-electron chi connectivity index (χ0n) is 9.51. The Balaban J connectivity index is 1.92. The maximum absolute atomic E-state index is 13.0. The number of benzene rings is 2. The molecule has 1 aromatic heterocycles.